The summed E-state index contributed by atoms with van der Waals surface area (Å²) in [6.45, 7) is 7.01. The molecule has 0 aromatic carbocycles. The van der Waals surface area contributed by atoms with E-state index >= 15 is 0 Å². The van der Waals surface area contributed by atoms with Gasteiger partial charge in [0.15, 0.2) is 5.16 Å². The summed E-state index contributed by atoms with van der Waals surface area (Å²) in [6, 6.07) is 2.07. The molecular weight excluding hydrogens is 404 g/mol. The molecule has 1 fully saturated rings. The van der Waals surface area contributed by atoms with Crippen LogP contribution in [0.1, 0.15) is 23.4 Å². The highest BCUT2D eigenvalue weighted by atomic mass is 32.2. The Hall–Kier alpha value is -2.26. The van der Waals surface area contributed by atoms with E-state index in [-0.39, 0.29) is 5.91 Å². The molecule has 0 saturated carbocycles. The molecule has 3 aromatic rings. The summed E-state index contributed by atoms with van der Waals surface area (Å²) in [7, 11) is 0. The predicted molar refractivity (Wildman–Crippen MR) is 118 cm³/mol. The normalized spacial score (nSPS) is 14.6. The molecule has 1 aliphatic rings. The van der Waals surface area contributed by atoms with Gasteiger partial charge in [-0.1, -0.05) is 11.8 Å². The number of carbonyl (C=O) groups excluding carboxylic acids is 1. The fourth-order valence-corrected chi connectivity index (χ4v) is 4.93. The van der Waals surface area contributed by atoms with Crippen molar-refractivity contribution in [3.05, 3.63) is 34.7 Å². The Morgan fingerprint density at radius 3 is 2.55 bits per heavy atom. The first-order valence-electron chi connectivity index (χ1n) is 9.66. The van der Waals surface area contributed by atoms with Gasteiger partial charge in [0.1, 0.15) is 17.0 Å². The lowest BCUT2D eigenvalue weighted by Gasteiger charge is -2.35. The van der Waals surface area contributed by atoms with Gasteiger partial charge in [-0.2, -0.15) is 0 Å². The number of fused-ring (bicyclic) bond motifs is 1. The third-order valence-corrected chi connectivity index (χ3v) is 6.71. The number of hydrogen-bond acceptors (Lipinski definition) is 8. The molecule has 1 amide bonds. The average Bonchev–Trinajstić information content (AvgIpc) is 3.22. The monoisotopic (exact) mass is 428 g/mol. The van der Waals surface area contributed by atoms with Crippen LogP contribution in [-0.2, 0) is 11.2 Å². The molecule has 0 atom stereocenters. The van der Waals surface area contributed by atoms with Crippen molar-refractivity contribution >= 4 is 45.0 Å². The van der Waals surface area contributed by atoms with Crippen LogP contribution >= 0.6 is 23.1 Å². The van der Waals surface area contributed by atoms with Crippen molar-refractivity contribution in [2.24, 2.45) is 0 Å². The Morgan fingerprint density at radius 1 is 1.14 bits per heavy atom. The highest BCUT2D eigenvalue weighted by Crippen LogP contribution is 2.27. The van der Waals surface area contributed by atoms with Crippen LogP contribution < -0.4 is 4.90 Å². The molecule has 3 aromatic heterocycles. The number of carbonyl (C=O) groups is 1. The SMILES string of the molecule is CSc1nc(C)c(CCC(=O)N2CCN(c3ncnc4sccc34)CC2)c(C)n1. The van der Waals surface area contributed by atoms with E-state index in [9.17, 15) is 4.79 Å². The minimum atomic E-state index is 0.195. The second-order valence-corrected chi connectivity index (χ2v) is 8.73. The van der Waals surface area contributed by atoms with Gasteiger partial charge in [-0.25, -0.2) is 19.9 Å². The van der Waals surface area contributed by atoms with Crippen molar-refractivity contribution in [3.8, 4) is 0 Å². The number of amides is 1. The minimum Gasteiger partial charge on any atom is -0.352 e. The summed E-state index contributed by atoms with van der Waals surface area (Å²) in [4.78, 5) is 35.8. The van der Waals surface area contributed by atoms with Crippen molar-refractivity contribution in [1.82, 2.24) is 24.8 Å². The highest BCUT2D eigenvalue weighted by Gasteiger charge is 2.23. The van der Waals surface area contributed by atoms with Gasteiger partial charge < -0.3 is 9.80 Å². The van der Waals surface area contributed by atoms with Crippen molar-refractivity contribution < 1.29 is 4.79 Å². The molecule has 0 radical (unpaired) electrons. The lowest BCUT2D eigenvalue weighted by Crippen LogP contribution is -2.49. The van der Waals surface area contributed by atoms with Crippen molar-refractivity contribution in [3.63, 3.8) is 0 Å². The van der Waals surface area contributed by atoms with Crippen LogP contribution in [0.5, 0.6) is 0 Å². The maximum atomic E-state index is 12.8. The number of nitrogens with zero attached hydrogens (tertiary/aromatic N) is 6. The zero-order valence-corrected chi connectivity index (χ0v) is 18.5. The van der Waals surface area contributed by atoms with E-state index in [1.807, 2.05) is 30.4 Å². The number of thioether (sulfide) groups is 1. The van der Waals surface area contributed by atoms with E-state index < -0.39 is 0 Å². The molecule has 9 heteroatoms. The van der Waals surface area contributed by atoms with Gasteiger partial charge in [-0.05, 0) is 43.5 Å². The van der Waals surface area contributed by atoms with Gasteiger partial charge in [0.05, 0.1) is 5.39 Å². The molecule has 4 heterocycles. The largest absolute Gasteiger partial charge is 0.352 e. The molecule has 152 valence electrons. The van der Waals surface area contributed by atoms with E-state index in [2.05, 4.69) is 30.9 Å². The maximum absolute atomic E-state index is 12.8. The fourth-order valence-electron chi connectivity index (χ4n) is 3.75. The number of rotatable bonds is 5. The molecule has 1 aliphatic heterocycles. The molecule has 0 aliphatic carbocycles. The summed E-state index contributed by atoms with van der Waals surface area (Å²) >= 11 is 3.17. The van der Waals surface area contributed by atoms with E-state index in [1.165, 1.54) is 0 Å². The smallest absolute Gasteiger partial charge is 0.223 e. The standard InChI is InChI=1S/C20H24N6OS2/c1-13-15(14(2)24-20(23-13)28-3)4-5-17(27)25-7-9-26(10-8-25)18-16-6-11-29-19(16)22-12-21-18/h6,11-12H,4-5,7-10H2,1-3H3. The van der Waals surface area contributed by atoms with Crippen LogP contribution in [-0.4, -0.2) is 63.2 Å². The molecule has 1 saturated heterocycles. The second-order valence-electron chi connectivity index (χ2n) is 7.06. The van der Waals surface area contributed by atoms with Crippen molar-refractivity contribution in [2.45, 2.75) is 31.8 Å². The lowest BCUT2D eigenvalue weighted by molar-refractivity contribution is -0.131. The molecule has 29 heavy (non-hydrogen) atoms. The molecule has 4 rings (SSSR count). The Balaban J connectivity index is 1.36. The van der Waals surface area contributed by atoms with E-state index in [4.69, 9.17) is 0 Å². The molecule has 0 bridgehead atoms. The zero-order valence-electron chi connectivity index (χ0n) is 16.9. The highest BCUT2D eigenvalue weighted by molar-refractivity contribution is 7.98. The minimum absolute atomic E-state index is 0.195. The van der Waals surface area contributed by atoms with Gasteiger partial charge >= 0.3 is 0 Å². The Morgan fingerprint density at radius 2 is 1.86 bits per heavy atom. The van der Waals surface area contributed by atoms with E-state index in [1.54, 1.807) is 29.4 Å². The summed E-state index contributed by atoms with van der Waals surface area (Å²) < 4.78 is 0. The van der Waals surface area contributed by atoms with Crippen LogP contribution in [0.4, 0.5) is 5.82 Å². The first-order valence-corrected chi connectivity index (χ1v) is 11.8. The third kappa shape index (κ3) is 4.20. The number of anilines is 1. The van der Waals surface area contributed by atoms with Gasteiger partial charge in [-0.15, -0.1) is 11.3 Å². The summed E-state index contributed by atoms with van der Waals surface area (Å²) in [5.74, 6) is 1.17. The maximum Gasteiger partial charge on any atom is 0.223 e. The zero-order chi connectivity index (χ0) is 20.4. The van der Waals surface area contributed by atoms with Crippen LogP contribution in [0.3, 0.4) is 0 Å². The number of aromatic nitrogens is 4. The molecule has 0 N–H and O–H groups in total. The quantitative estimate of drug-likeness (QED) is 0.457. The predicted octanol–water partition coefficient (Wildman–Crippen LogP) is 3.10. The third-order valence-electron chi connectivity index (χ3n) is 5.34. The number of piperazine rings is 1. The topological polar surface area (TPSA) is 75.1 Å². The van der Waals surface area contributed by atoms with Gasteiger partial charge in [0.2, 0.25) is 5.91 Å². The first kappa shape index (κ1) is 20.0. The van der Waals surface area contributed by atoms with E-state index in [0.29, 0.717) is 25.9 Å². The summed E-state index contributed by atoms with van der Waals surface area (Å²) in [5.41, 5.74) is 3.04. The first-order chi connectivity index (χ1) is 14.1. The van der Waals surface area contributed by atoms with Crippen LogP contribution in [0.15, 0.2) is 22.9 Å². The van der Waals surface area contributed by atoms with Crippen molar-refractivity contribution in [1.29, 1.82) is 0 Å². The number of hydrogen-bond donors (Lipinski definition) is 0. The molecule has 0 unspecified atom stereocenters. The molecule has 0 spiro atoms. The van der Waals surface area contributed by atoms with Gasteiger partial charge in [-0.3, -0.25) is 4.79 Å². The number of aryl methyl sites for hydroxylation is 2. The Kier molecular flexibility index (Phi) is 5.96. The average molecular weight is 429 g/mol. The van der Waals surface area contributed by atoms with Crippen LogP contribution in [0.2, 0.25) is 0 Å². The van der Waals surface area contributed by atoms with Gasteiger partial charge in [0, 0.05) is 44.0 Å². The second kappa shape index (κ2) is 8.62. The fraction of sp³-hybridized carbons (Fsp3) is 0.450. The van der Waals surface area contributed by atoms with Crippen LogP contribution in [0.25, 0.3) is 10.2 Å². The van der Waals surface area contributed by atoms with Gasteiger partial charge in [0.25, 0.3) is 0 Å². The molecule has 7 nitrogen and oxygen atoms in total. The Labute approximate surface area is 178 Å². The van der Waals surface area contributed by atoms with E-state index in [0.717, 1.165) is 51.2 Å². The summed E-state index contributed by atoms with van der Waals surface area (Å²) in [6.07, 6.45) is 4.78. The van der Waals surface area contributed by atoms with Crippen molar-refractivity contribution in [2.75, 3.05) is 37.3 Å². The van der Waals surface area contributed by atoms with Crippen LogP contribution in [0, 0.1) is 13.8 Å². The molecular formula is C20H24N6OS2. The summed E-state index contributed by atoms with van der Waals surface area (Å²) in [5, 5.41) is 3.93. The Bertz CT molecular complexity index is 1010. The number of thiophene rings is 1. The lowest BCUT2D eigenvalue weighted by atomic mass is 10.1.